The van der Waals surface area contributed by atoms with Gasteiger partial charge in [0, 0.05) is 40.8 Å². The standard InChI is InChI=1S/C33H44ClN3O/c1-22(2)32(28-19-33(5,6)14-13-30(28)35-24(4)20-36(7)8)37-15-16-38-31-12-10-26(18-27(31)21-37)25-9-11-29(34)23(3)17-25/h9-12,17-18,22H,4,13-16,19-21H2,1-3,5-8H3/b32-28+,35-30?. The molecule has 0 atom stereocenters. The van der Waals surface area contributed by atoms with Crippen LogP contribution in [-0.2, 0) is 6.54 Å². The molecule has 38 heavy (non-hydrogen) atoms. The Morgan fingerprint density at radius 2 is 1.87 bits per heavy atom. The quantitative estimate of drug-likeness (QED) is 0.375. The minimum Gasteiger partial charge on any atom is -0.491 e. The summed E-state index contributed by atoms with van der Waals surface area (Å²) in [6, 6.07) is 12.8. The van der Waals surface area contributed by atoms with Crippen LogP contribution in [-0.4, -0.2) is 49.3 Å². The molecule has 0 radical (unpaired) electrons. The zero-order valence-corrected chi connectivity index (χ0v) is 25.1. The molecule has 0 saturated heterocycles. The Balaban J connectivity index is 1.75. The van der Waals surface area contributed by atoms with Crippen molar-refractivity contribution in [2.24, 2.45) is 16.3 Å². The number of aliphatic imine (C=N–C) groups is 1. The first-order valence-corrected chi connectivity index (χ1v) is 14.2. The predicted molar refractivity (Wildman–Crippen MR) is 162 cm³/mol. The highest BCUT2D eigenvalue weighted by Crippen LogP contribution is 2.41. The lowest BCUT2D eigenvalue weighted by Crippen LogP contribution is -2.34. The fourth-order valence-corrected chi connectivity index (χ4v) is 5.86. The summed E-state index contributed by atoms with van der Waals surface area (Å²) >= 11 is 6.30. The maximum atomic E-state index is 6.30. The second kappa shape index (κ2) is 11.7. The van der Waals surface area contributed by atoms with Gasteiger partial charge in [0.1, 0.15) is 12.4 Å². The molecular weight excluding hydrogens is 490 g/mol. The van der Waals surface area contributed by atoms with Gasteiger partial charge in [0.05, 0.1) is 6.54 Å². The molecule has 1 aliphatic carbocycles. The van der Waals surface area contributed by atoms with Crippen LogP contribution in [0.5, 0.6) is 5.75 Å². The first kappa shape index (κ1) is 28.4. The van der Waals surface area contributed by atoms with Gasteiger partial charge in [0.2, 0.25) is 0 Å². The zero-order chi connectivity index (χ0) is 27.6. The average Bonchev–Trinajstić information content (AvgIpc) is 3.03. The number of benzene rings is 2. The first-order valence-electron chi connectivity index (χ1n) is 13.8. The van der Waals surface area contributed by atoms with Crippen molar-refractivity contribution in [1.82, 2.24) is 9.80 Å². The first-order chi connectivity index (χ1) is 17.9. The van der Waals surface area contributed by atoms with E-state index >= 15 is 0 Å². The highest BCUT2D eigenvalue weighted by Gasteiger charge is 2.33. The minimum atomic E-state index is 0.247. The van der Waals surface area contributed by atoms with Gasteiger partial charge in [-0.25, -0.2) is 0 Å². The second-order valence-electron chi connectivity index (χ2n) is 12.3. The summed E-state index contributed by atoms with van der Waals surface area (Å²) in [7, 11) is 4.14. The number of likely N-dealkylation sites (N-methyl/N-ethyl adjacent to an activating group) is 1. The molecule has 0 spiro atoms. The lowest BCUT2D eigenvalue weighted by molar-refractivity contribution is 0.244. The second-order valence-corrected chi connectivity index (χ2v) is 12.7. The van der Waals surface area contributed by atoms with Gasteiger partial charge >= 0.3 is 0 Å². The van der Waals surface area contributed by atoms with Crippen molar-refractivity contribution in [1.29, 1.82) is 0 Å². The van der Waals surface area contributed by atoms with E-state index in [0.29, 0.717) is 12.5 Å². The normalized spacial score (nSPS) is 19.8. The van der Waals surface area contributed by atoms with Crippen LogP contribution in [0.4, 0.5) is 0 Å². The summed E-state index contributed by atoms with van der Waals surface area (Å²) in [5, 5.41) is 0.798. The molecule has 0 N–H and O–H groups in total. The van der Waals surface area contributed by atoms with Gasteiger partial charge in [-0.15, -0.1) is 0 Å². The van der Waals surface area contributed by atoms with Crippen molar-refractivity contribution in [3.8, 4) is 16.9 Å². The van der Waals surface area contributed by atoms with E-state index in [1.54, 1.807) is 0 Å². The SMILES string of the molecule is C=C(CN(C)C)N=C1CCC(C)(C)C/C1=C(/C(C)C)N1CCOc2ccc(-c3ccc(Cl)c(C)c3)cc2C1. The highest BCUT2D eigenvalue weighted by molar-refractivity contribution is 6.31. The minimum absolute atomic E-state index is 0.247. The molecular formula is C33H44ClN3O. The van der Waals surface area contributed by atoms with E-state index in [1.165, 1.54) is 33.7 Å². The molecule has 2 aromatic carbocycles. The number of hydrogen-bond donors (Lipinski definition) is 0. The fourth-order valence-electron chi connectivity index (χ4n) is 5.74. The molecule has 0 aromatic heterocycles. The Hall–Kier alpha value is -2.56. The van der Waals surface area contributed by atoms with Crippen LogP contribution in [0.3, 0.4) is 0 Å². The Kier molecular flexibility index (Phi) is 8.74. The zero-order valence-electron chi connectivity index (χ0n) is 24.3. The monoisotopic (exact) mass is 533 g/mol. The summed E-state index contributed by atoms with van der Waals surface area (Å²) in [5.74, 6) is 1.35. The van der Waals surface area contributed by atoms with Crippen molar-refractivity contribution < 1.29 is 4.74 Å². The molecule has 4 rings (SSSR count). The summed E-state index contributed by atoms with van der Waals surface area (Å²) in [5.41, 5.74) is 9.88. The van der Waals surface area contributed by atoms with Crippen LogP contribution in [0.25, 0.3) is 11.1 Å². The van der Waals surface area contributed by atoms with E-state index in [1.807, 2.05) is 6.07 Å². The van der Waals surface area contributed by atoms with Gasteiger partial charge in [0.15, 0.2) is 0 Å². The maximum Gasteiger partial charge on any atom is 0.124 e. The molecule has 0 amide bonds. The van der Waals surface area contributed by atoms with Crippen LogP contribution in [0, 0.1) is 18.3 Å². The van der Waals surface area contributed by atoms with Crippen molar-refractivity contribution in [2.45, 2.75) is 60.4 Å². The number of ether oxygens (including phenoxy) is 1. The van der Waals surface area contributed by atoms with E-state index in [2.05, 4.69) is 95.4 Å². The third-order valence-corrected chi connectivity index (χ3v) is 7.99. The molecule has 1 heterocycles. The Labute approximate surface area is 235 Å². The topological polar surface area (TPSA) is 28.1 Å². The van der Waals surface area contributed by atoms with Crippen LogP contribution in [0.1, 0.15) is 58.1 Å². The number of hydrogen-bond acceptors (Lipinski definition) is 4. The number of aryl methyl sites for hydroxylation is 1. The third kappa shape index (κ3) is 6.71. The highest BCUT2D eigenvalue weighted by atomic mass is 35.5. The predicted octanol–water partition coefficient (Wildman–Crippen LogP) is 8.15. The molecule has 5 heteroatoms. The van der Waals surface area contributed by atoms with Crippen molar-refractivity contribution in [3.05, 3.63) is 76.1 Å². The lowest BCUT2D eigenvalue weighted by atomic mass is 9.72. The van der Waals surface area contributed by atoms with E-state index in [9.17, 15) is 0 Å². The molecule has 0 bridgehead atoms. The van der Waals surface area contributed by atoms with Crippen LogP contribution >= 0.6 is 11.6 Å². The van der Waals surface area contributed by atoms with E-state index in [-0.39, 0.29) is 5.41 Å². The maximum absolute atomic E-state index is 6.30. The van der Waals surface area contributed by atoms with Crippen LogP contribution < -0.4 is 4.74 Å². The van der Waals surface area contributed by atoms with Crippen LogP contribution in [0.2, 0.25) is 5.02 Å². The van der Waals surface area contributed by atoms with Gasteiger partial charge < -0.3 is 14.5 Å². The molecule has 0 unspecified atom stereocenters. The van der Waals surface area contributed by atoms with Crippen molar-refractivity contribution >= 4 is 17.3 Å². The van der Waals surface area contributed by atoms with Gasteiger partial charge in [-0.05, 0) is 98.1 Å². The summed E-state index contributed by atoms with van der Waals surface area (Å²) in [6.07, 6.45) is 3.17. The Bertz CT molecular complexity index is 1250. The number of fused-ring (bicyclic) bond motifs is 1. The van der Waals surface area contributed by atoms with Gasteiger partial charge in [-0.1, -0.05) is 58.0 Å². The molecule has 1 aliphatic heterocycles. The summed E-state index contributed by atoms with van der Waals surface area (Å²) in [4.78, 5) is 9.80. The third-order valence-electron chi connectivity index (χ3n) is 7.56. The fraction of sp³-hybridized carbons (Fsp3) is 0.485. The van der Waals surface area contributed by atoms with Gasteiger partial charge in [0.25, 0.3) is 0 Å². The Morgan fingerprint density at radius 1 is 1.16 bits per heavy atom. The van der Waals surface area contributed by atoms with Crippen molar-refractivity contribution in [2.75, 3.05) is 33.8 Å². The van der Waals surface area contributed by atoms with Crippen LogP contribution in [0.15, 0.2) is 64.9 Å². The van der Waals surface area contributed by atoms with Gasteiger partial charge in [-0.2, -0.15) is 0 Å². The lowest BCUT2D eigenvalue weighted by Gasteiger charge is -2.38. The number of nitrogens with zero attached hydrogens (tertiary/aromatic N) is 3. The molecule has 1 fully saturated rings. The number of allylic oxidation sites excluding steroid dienone is 2. The van der Waals surface area contributed by atoms with Crippen molar-refractivity contribution in [3.63, 3.8) is 0 Å². The molecule has 4 nitrogen and oxygen atoms in total. The molecule has 1 saturated carbocycles. The molecule has 204 valence electrons. The Morgan fingerprint density at radius 3 is 2.55 bits per heavy atom. The number of rotatable bonds is 6. The summed E-state index contributed by atoms with van der Waals surface area (Å²) < 4.78 is 6.27. The largest absolute Gasteiger partial charge is 0.491 e. The average molecular weight is 534 g/mol. The van der Waals surface area contributed by atoms with Gasteiger partial charge in [-0.3, -0.25) is 4.99 Å². The van der Waals surface area contributed by atoms with E-state index in [4.69, 9.17) is 21.3 Å². The number of halogens is 1. The van der Waals surface area contributed by atoms with E-state index in [0.717, 1.165) is 60.9 Å². The molecule has 2 aliphatic rings. The molecule has 2 aromatic rings. The van der Waals surface area contributed by atoms with E-state index < -0.39 is 0 Å². The summed E-state index contributed by atoms with van der Waals surface area (Å²) in [6.45, 7) is 18.8. The smallest absolute Gasteiger partial charge is 0.124 e.